The van der Waals surface area contributed by atoms with E-state index < -0.39 is 0 Å². The standard InChI is InChI=1S/C20H22N6O/c21-12-15-3-1-14(2-4-15)11-17(27)26-10-9-25(13-20(26)6-7-20)19(23)16-5-8-24-18(16)22/h1-5,8,23-24H,6-7,9-11,13,22H2. The zero-order valence-electron chi connectivity index (χ0n) is 15.0. The number of piperazine rings is 1. The van der Waals surface area contributed by atoms with Crippen LogP contribution in [0.25, 0.3) is 0 Å². The molecule has 1 aromatic carbocycles. The van der Waals surface area contributed by atoms with Crippen molar-refractivity contribution in [3.63, 3.8) is 0 Å². The van der Waals surface area contributed by atoms with E-state index in [0.29, 0.717) is 48.8 Å². The third-order valence-electron chi connectivity index (χ3n) is 5.57. The van der Waals surface area contributed by atoms with Gasteiger partial charge in [-0.3, -0.25) is 10.2 Å². The highest BCUT2D eigenvalue weighted by molar-refractivity contribution is 6.00. The van der Waals surface area contributed by atoms with Crippen molar-refractivity contribution in [3.8, 4) is 6.07 Å². The maximum absolute atomic E-state index is 12.9. The van der Waals surface area contributed by atoms with Crippen molar-refractivity contribution in [1.29, 1.82) is 10.7 Å². The van der Waals surface area contributed by atoms with Gasteiger partial charge in [0.05, 0.1) is 29.2 Å². The van der Waals surface area contributed by atoms with Crippen LogP contribution >= 0.6 is 0 Å². The number of rotatable bonds is 3. The fourth-order valence-corrected chi connectivity index (χ4v) is 3.86. The summed E-state index contributed by atoms with van der Waals surface area (Å²) in [6.07, 6.45) is 4.02. The summed E-state index contributed by atoms with van der Waals surface area (Å²) in [5.74, 6) is 1.04. The minimum absolute atomic E-state index is 0.115. The zero-order valence-corrected chi connectivity index (χ0v) is 15.0. The van der Waals surface area contributed by atoms with Gasteiger partial charge in [-0.05, 0) is 36.6 Å². The number of nitrogens with zero attached hydrogens (tertiary/aromatic N) is 3. The van der Waals surface area contributed by atoms with Crippen LogP contribution in [0.4, 0.5) is 5.82 Å². The summed E-state index contributed by atoms with van der Waals surface area (Å²) in [6, 6.07) is 11.1. The topological polar surface area (TPSA) is 113 Å². The van der Waals surface area contributed by atoms with Crippen molar-refractivity contribution in [2.24, 2.45) is 0 Å². The lowest BCUT2D eigenvalue weighted by Gasteiger charge is -2.43. The van der Waals surface area contributed by atoms with Crippen molar-refractivity contribution in [1.82, 2.24) is 14.8 Å². The van der Waals surface area contributed by atoms with Gasteiger partial charge >= 0.3 is 0 Å². The maximum atomic E-state index is 12.9. The Morgan fingerprint density at radius 1 is 1.26 bits per heavy atom. The summed E-state index contributed by atoms with van der Waals surface area (Å²) in [6.45, 7) is 1.92. The minimum atomic E-state index is -0.153. The van der Waals surface area contributed by atoms with E-state index >= 15 is 0 Å². The van der Waals surface area contributed by atoms with Gasteiger partial charge in [-0.1, -0.05) is 12.1 Å². The number of aromatic amines is 1. The Morgan fingerprint density at radius 3 is 2.59 bits per heavy atom. The molecular weight excluding hydrogens is 340 g/mol. The van der Waals surface area contributed by atoms with Gasteiger partial charge in [0, 0.05) is 25.8 Å². The highest BCUT2D eigenvalue weighted by Crippen LogP contribution is 2.44. The molecule has 0 bridgehead atoms. The van der Waals surface area contributed by atoms with Crippen LogP contribution in [0.2, 0.25) is 0 Å². The molecule has 1 spiro atoms. The monoisotopic (exact) mass is 362 g/mol. The van der Waals surface area contributed by atoms with E-state index in [9.17, 15) is 4.79 Å². The quantitative estimate of drug-likeness (QED) is 0.570. The molecule has 2 aromatic rings. The molecule has 1 saturated heterocycles. The van der Waals surface area contributed by atoms with Crippen molar-refractivity contribution >= 4 is 17.6 Å². The first-order valence-electron chi connectivity index (χ1n) is 9.09. The molecule has 2 aliphatic rings. The Balaban J connectivity index is 1.44. The fraction of sp³-hybridized carbons (Fsp3) is 0.350. The Morgan fingerprint density at radius 2 is 2.00 bits per heavy atom. The number of anilines is 1. The van der Waals surface area contributed by atoms with Gasteiger partial charge in [0.2, 0.25) is 5.91 Å². The predicted octanol–water partition coefficient (Wildman–Crippen LogP) is 1.71. The number of hydrogen-bond acceptors (Lipinski definition) is 4. The van der Waals surface area contributed by atoms with Gasteiger partial charge in [-0.25, -0.2) is 0 Å². The van der Waals surface area contributed by atoms with E-state index in [-0.39, 0.29) is 11.4 Å². The number of amides is 1. The average molecular weight is 362 g/mol. The molecule has 27 heavy (non-hydrogen) atoms. The second-order valence-corrected chi connectivity index (χ2v) is 7.33. The van der Waals surface area contributed by atoms with Gasteiger partial charge < -0.3 is 20.5 Å². The molecular formula is C20H22N6O. The summed E-state index contributed by atoms with van der Waals surface area (Å²) in [5, 5.41) is 17.4. The lowest BCUT2D eigenvalue weighted by molar-refractivity contribution is -0.135. The Hall–Kier alpha value is -3.27. The molecule has 0 radical (unpaired) electrons. The number of hydrogen-bond donors (Lipinski definition) is 3. The number of benzene rings is 1. The minimum Gasteiger partial charge on any atom is -0.385 e. The molecule has 2 heterocycles. The van der Waals surface area contributed by atoms with E-state index in [1.807, 2.05) is 28.0 Å². The number of nitrogen functional groups attached to an aromatic ring is 1. The summed E-state index contributed by atoms with van der Waals surface area (Å²) >= 11 is 0. The lowest BCUT2D eigenvalue weighted by atomic mass is 10.0. The van der Waals surface area contributed by atoms with Crippen LogP contribution in [0.5, 0.6) is 0 Å². The van der Waals surface area contributed by atoms with Crippen molar-refractivity contribution in [2.75, 3.05) is 25.4 Å². The maximum Gasteiger partial charge on any atom is 0.227 e. The third-order valence-corrected chi connectivity index (χ3v) is 5.57. The number of aromatic nitrogens is 1. The Bertz CT molecular complexity index is 919. The molecule has 0 atom stereocenters. The Labute approximate surface area is 157 Å². The van der Waals surface area contributed by atoms with Crippen molar-refractivity contribution < 1.29 is 4.79 Å². The smallest absolute Gasteiger partial charge is 0.227 e. The fourth-order valence-electron chi connectivity index (χ4n) is 3.86. The highest BCUT2D eigenvalue weighted by atomic mass is 16.2. The average Bonchev–Trinajstić information content (AvgIpc) is 3.30. The molecule has 1 aliphatic carbocycles. The van der Waals surface area contributed by atoms with Gasteiger partial charge in [0.15, 0.2) is 0 Å². The molecule has 1 amide bonds. The van der Waals surface area contributed by atoms with Crippen LogP contribution in [0.15, 0.2) is 36.5 Å². The third kappa shape index (κ3) is 3.14. The van der Waals surface area contributed by atoms with Crippen molar-refractivity contribution in [2.45, 2.75) is 24.8 Å². The molecule has 1 aromatic heterocycles. The number of carbonyl (C=O) groups excluding carboxylic acids is 1. The van der Waals surface area contributed by atoms with Crippen LogP contribution in [-0.4, -0.2) is 51.7 Å². The first-order chi connectivity index (χ1) is 13.0. The number of H-pyrrole nitrogens is 1. The molecule has 138 valence electrons. The molecule has 4 rings (SSSR count). The summed E-state index contributed by atoms with van der Waals surface area (Å²) in [7, 11) is 0. The van der Waals surface area contributed by atoms with Crippen molar-refractivity contribution in [3.05, 3.63) is 53.2 Å². The van der Waals surface area contributed by atoms with E-state index in [1.54, 1.807) is 18.3 Å². The van der Waals surface area contributed by atoms with Gasteiger partial charge in [0.1, 0.15) is 11.7 Å². The van der Waals surface area contributed by atoms with E-state index in [2.05, 4.69) is 11.1 Å². The van der Waals surface area contributed by atoms with E-state index in [1.165, 1.54) is 0 Å². The number of nitriles is 1. The van der Waals surface area contributed by atoms with Crippen LogP contribution in [0, 0.1) is 16.7 Å². The van der Waals surface area contributed by atoms with E-state index in [4.69, 9.17) is 16.4 Å². The van der Waals surface area contributed by atoms with Crippen LogP contribution in [0.3, 0.4) is 0 Å². The molecule has 7 nitrogen and oxygen atoms in total. The van der Waals surface area contributed by atoms with Gasteiger partial charge in [-0.15, -0.1) is 0 Å². The number of carbonyl (C=O) groups is 1. The second-order valence-electron chi connectivity index (χ2n) is 7.33. The number of amidine groups is 1. The largest absolute Gasteiger partial charge is 0.385 e. The molecule has 1 saturated carbocycles. The van der Waals surface area contributed by atoms with Gasteiger partial charge in [-0.2, -0.15) is 5.26 Å². The molecule has 4 N–H and O–H groups in total. The van der Waals surface area contributed by atoms with Crippen LogP contribution < -0.4 is 5.73 Å². The van der Waals surface area contributed by atoms with E-state index in [0.717, 1.165) is 18.4 Å². The normalized spacial score (nSPS) is 17.6. The summed E-state index contributed by atoms with van der Waals surface area (Å²) in [5.41, 5.74) is 7.98. The molecule has 2 fully saturated rings. The van der Waals surface area contributed by atoms with Crippen LogP contribution in [0.1, 0.15) is 29.5 Å². The van der Waals surface area contributed by atoms with Gasteiger partial charge in [0.25, 0.3) is 0 Å². The summed E-state index contributed by atoms with van der Waals surface area (Å²) in [4.78, 5) is 19.8. The first kappa shape index (κ1) is 17.2. The second kappa shape index (κ2) is 6.47. The molecule has 1 aliphatic heterocycles. The predicted molar refractivity (Wildman–Crippen MR) is 102 cm³/mol. The zero-order chi connectivity index (χ0) is 19.0. The molecule has 7 heteroatoms. The first-order valence-corrected chi connectivity index (χ1v) is 9.09. The lowest BCUT2D eigenvalue weighted by Crippen LogP contribution is -2.58. The number of nitrogens with one attached hydrogen (secondary N) is 2. The SMILES string of the molecule is N#Cc1ccc(CC(=O)N2CCN(C(=N)c3cc[nH]c3N)CC23CC3)cc1. The number of nitrogens with two attached hydrogens (primary N) is 1. The molecule has 0 unspecified atom stereocenters. The Kier molecular flexibility index (Phi) is 4.11. The summed E-state index contributed by atoms with van der Waals surface area (Å²) < 4.78 is 0. The van der Waals surface area contributed by atoms with Crippen LogP contribution in [-0.2, 0) is 11.2 Å². The highest BCUT2D eigenvalue weighted by Gasteiger charge is 2.53.